The molecule has 126 valence electrons. The molecule has 0 radical (unpaired) electrons. The summed E-state index contributed by atoms with van der Waals surface area (Å²) >= 11 is 0. The van der Waals surface area contributed by atoms with Gasteiger partial charge in [0.2, 0.25) is 5.95 Å². The molecule has 1 aromatic heterocycles. The van der Waals surface area contributed by atoms with Gasteiger partial charge in [0.05, 0.1) is 17.9 Å². The van der Waals surface area contributed by atoms with Crippen molar-refractivity contribution in [1.29, 1.82) is 0 Å². The summed E-state index contributed by atoms with van der Waals surface area (Å²) in [5, 5.41) is 6.56. The van der Waals surface area contributed by atoms with Gasteiger partial charge in [0.15, 0.2) is 0 Å². The maximum absolute atomic E-state index is 12.0. The van der Waals surface area contributed by atoms with Crippen molar-refractivity contribution in [1.82, 2.24) is 9.97 Å². The molecule has 0 saturated heterocycles. The van der Waals surface area contributed by atoms with Crippen molar-refractivity contribution >= 4 is 23.4 Å². The lowest BCUT2D eigenvalue weighted by Gasteiger charge is -2.14. The predicted octanol–water partition coefficient (Wildman–Crippen LogP) is 3.75. The maximum atomic E-state index is 12.0. The molecule has 6 nitrogen and oxygen atoms in total. The van der Waals surface area contributed by atoms with E-state index in [9.17, 15) is 4.79 Å². The van der Waals surface area contributed by atoms with E-state index in [4.69, 9.17) is 4.74 Å². The number of aromatic nitrogens is 2. The zero-order valence-corrected chi connectivity index (χ0v) is 13.8. The minimum atomic E-state index is -0.348. The molecule has 1 saturated carbocycles. The van der Waals surface area contributed by atoms with Crippen LogP contribution in [-0.4, -0.2) is 28.6 Å². The van der Waals surface area contributed by atoms with Crippen molar-refractivity contribution in [3.8, 4) is 0 Å². The number of hydrogen-bond donors (Lipinski definition) is 2. The number of anilines is 3. The molecule has 0 aliphatic heterocycles. The second kappa shape index (κ2) is 7.77. The van der Waals surface area contributed by atoms with Gasteiger partial charge in [0.25, 0.3) is 0 Å². The summed E-state index contributed by atoms with van der Waals surface area (Å²) in [5.74, 6) is 0.904. The Morgan fingerprint density at radius 2 is 2.04 bits per heavy atom. The fourth-order valence-corrected chi connectivity index (χ4v) is 2.87. The number of nitrogens with zero attached hydrogens (tertiary/aromatic N) is 2. The molecule has 1 aliphatic carbocycles. The van der Waals surface area contributed by atoms with E-state index in [2.05, 4.69) is 20.6 Å². The quantitative estimate of drug-likeness (QED) is 0.787. The van der Waals surface area contributed by atoms with Crippen molar-refractivity contribution in [3.05, 3.63) is 42.1 Å². The first-order valence-electron chi connectivity index (χ1n) is 8.39. The van der Waals surface area contributed by atoms with Crippen LogP contribution in [0, 0.1) is 0 Å². The number of para-hydroxylation sites is 1. The molecule has 2 aromatic rings. The molecule has 2 N–H and O–H groups in total. The van der Waals surface area contributed by atoms with Crippen LogP contribution < -0.4 is 10.6 Å². The Morgan fingerprint density at radius 1 is 1.25 bits per heavy atom. The van der Waals surface area contributed by atoms with E-state index >= 15 is 0 Å². The molecule has 0 spiro atoms. The molecule has 0 bridgehead atoms. The van der Waals surface area contributed by atoms with Crippen LogP contribution in [0.2, 0.25) is 0 Å². The van der Waals surface area contributed by atoms with Crippen LogP contribution in [0.1, 0.15) is 43.0 Å². The van der Waals surface area contributed by atoms with E-state index in [0.29, 0.717) is 35.7 Å². The number of nitrogens with one attached hydrogen (secondary N) is 2. The Morgan fingerprint density at radius 3 is 2.83 bits per heavy atom. The number of rotatable bonds is 6. The third-order valence-corrected chi connectivity index (χ3v) is 4.03. The normalized spacial score (nSPS) is 14.4. The molecule has 1 fully saturated rings. The van der Waals surface area contributed by atoms with E-state index in [0.717, 1.165) is 12.8 Å². The monoisotopic (exact) mass is 326 g/mol. The van der Waals surface area contributed by atoms with Crippen LogP contribution in [0.5, 0.6) is 0 Å². The van der Waals surface area contributed by atoms with E-state index in [1.807, 2.05) is 18.2 Å². The van der Waals surface area contributed by atoms with Gasteiger partial charge >= 0.3 is 5.97 Å². The zero-order valence-electron chi connectivity index (χ0n) is 13.8. The average Bonchev–Trinajstić information content (AvgIpc) is 3.09. The van der Waals surface area contributed by atoms with Crippen molar-refractivity contribution in [2.45, 2.75) is 38.6 Å². The fourth-order valence-electron chi connectivity index (χ4n) is 2.87. The molecular weight excluding hydrogens is 304 g/mol. The van der Waals surface area contributed by atoms with Gasteiger partial charge in [-0.05, 0) is 38.0 Å². The first kappa shape index (κ1) is 16.2. The van der Waals surface area contributed by atoms with Crippen molar-refractivity contribution in [2.75, 3.05) is 17.2 Å². The van der Waals surface area contributed by atoms with Crippen LogP contribution in [0.25, 0.3) is 0 Å². The van der Waals surface area contributed by atoms with Crippen LogP contribution >= 0.6 is 0 Å². The lowest BCUT2D eigenvalue weighted by Crippen LogP contribution is -2.17. The Balaban J connectivity index is 1.75. The van der Waals surface area contributed by atoms with E-state index in [1.165, 1.54) is 12.8 Å². The van der Waals surface area contributed by atoms with Gasteiger partial charge in [-0.15, -0.1) is 0 Å². The second-order valence-corrected chi connectivity index (χ2v) is 5.78. The second-order valence-electron chi connectivity index (χ2n) is 5.78. The fraction of sp³-hybridized carbons (Fsp3) is 0.389. The highest BCUT2D eigenvalue weighted by atomic mass is 16.5. The Hall–Kier alpha value is -2.63. The largest absolute Gasteiger partial charge is 0.462 e. The molecule has 1 heterocycles. The Labute approximate surface area is 141 Å². The lowest BCUT2D eigenvalue weighted by molar-refractivity contribution is 0.0527. The van der Waals surface area contributed by atoms with Crippen molar-refractivity contribution < 1.29 is 9.53 Å². The molecule has 0 unspecified atom stereocenters. The summed E-state index contributed by atoms with van der Waals surface area (Å²) in [5.41, 5.74) is 1.16. The zero-order chi connectivity index (χ0) is 16.8. The molecule has 3 rings (SSSR count). The molecule has 0 atom stereocenters. The van der Waals surface area contributed by atoms with Gasteiger partial charge in [-0.2, -0.15) is 4.98 Å². The Bertz CT molecular complexity index is 699. The third-order valence-electron chi connectivity index (χ3n) is 4.03. The molecule has 6 heteroatoms. The first-order chi connectivity index (χ1) is 11.8. The highest BCUT2D eigenvalue weighted by molar-refractivity contribution is 5.96. The van der Waals surface area contributed by atoms with Gasteiger partial charge in [-0.1, -0.05) is 25.0 Å². The minimum absolute atomic E-state index is 0.343. The van der Waals surface area contributed by atoms with Crippen LogP contribution in [0.4, 0.5) is 17.5 Å². The van der Waals surface area contributed by atoms with E-state index < -0.39 is 0 Å². The Kier molecular flexibility index (Phi) is 5.25. The summed E-state index contributed by atoms with van der Waals surface area (Å²) in [6, 6.07) is 9.47. The van der Waals surface area contributed by atoms with Gasteiger partial charge < -0.3 is 15.4 Å². The number of carbonyl (C=O) groups is 1. The van der Waals surface area contributed by atoms with Gasteiger partial charge in [-0.3, -0.25) is 0 Å². The van der Waals surface area contributed by atoms with Crippen LogP contribution in [0.3, 0.4) is 0 Å². The maximum Gasteiger partial charge on any atom is 0.340 e. The molecule has 1 aliphatic rings. The minimum Gasteiger partial charge on any atom is -0.462 e. The standard InChI is InChI=1S/C18H22N4O2/c1-2-24-17(23)14-9-5-6-10-15(14)21-16-11-12-19-18(22-16)20-13-7-3-4-8-13/h5-6,9-13H,2-4,7-8H2,1H3,(H2,19,20,21,22). The van der Waals surface area contributed by atoms with Crippen LogP contribution in [-0.2, 0) is 4.74 Å². The third kappa shape index (κ3) is 4.01. The van der Waals surface area contributed by atoms with Gasteiger partial charge in [0.1, 0.15) is 5.82 Å². The molecule has 24 heavy (non-hydrogen) atoms. The van der Waals surface area contributed by atoms with E-state index in [1.54, 1.807) is 25.3 Å². The summed E-state index contributed by atoms with van der Waals surface area (Å²) in [4.78, 5) is 20.8. The van der Waals surface area contributed by atoms with Crippen LogP contribution in [0.15, 0.2) is 36.5 Å². The van der Waals surface area contributed by atoms with Gasteiger partial charge in [-0.25, -0.2) is 9.78 Å². The number of carbonyl (C=O) groups excluding carboxylic acids is 1. The topological polar surface area (TPSA) is 76.1 Å². The number of hydrogen-bond acceptors (Lipinski definition) is 6. The number of benzene rings is 1. The number of esters is 1. The lowest BCUT2D eigenvalue weighted by atomic mass is 10.2. The van der Waals surface area contributed by atoms with E-state index in [-0.39, 0.29) is 5.97 Å². The molecule has 0 amide bonds. The molecular formula is C18H22N4O2. The highest BCUT2D eigenvalue weighted by Crippen LogP contribution is 2.23. The first-order valence-corrected chi connectivity index (χ1v) is 8.39. The summed E-state index contributed by atoms with van der Waals surface area (Å²) in [7, 11) is 0. The average molecular weight is 326 g/mol. The van der Waals surface area contributed by atoms with Crippen molar-refractivity contribution in [2.24, 2.45) is 0 Å². The molecule has 1 aromatic carbocycles. The van der Waals surface area contributed by atoms with Crippen molar-refractivity contribution in [3.63, 3.8) is 0 Å². The summed E-state index contributed by atoms with van der Waals surface area (Å²) in [6.45, 7) is 2.13. The van der Waals surface area contributed by atoms with Gasteiger partial charge in [0, 0.05) is 12.2 Å². The summed E-state index contributed by atoms with van der Waals surface area (Å²) < 4.78 is 5.09. The smallest absolute Gasteiger partial charge is 0.340 e. The number of ether oxygens (including phenoxy) is 1. The summed E-state index contributed by atoms with van der Waals surface area (Å²) in [6.07, 6.45) is 6.53. The SMILES string of the molecule is CCOC(=O)c1ccccc1Nc1ccnc(NC2CCCC2)n1. The highest BCUT2D eigenvalue weighted by Gasteiger charge is 2.16. The predicted molar refractivity (Wildman–Crippen MR) is 93.6 cm³/mol.